The topological polar surface area (TPSA) is 58.6 Å². The van der Waals surface area contributed by atoms with Crippen molar-refractivity contribution in [1.82, 2.24) is 5.32 Å². The van der Waals surface area contributed by atoms with E-state index >= 15 is 0 Å². The van der Waals surface area contributed by atoms with Crippen LogP contribution in [0.3, 0.4) is 0 Å². The van der Waals surface area contributed by atoms with Gasteiger partial charge in [-0.3, -0.25) is 15.0 Å². The zero-order valence-corrected chi connectivity index (χ0v) is 10.4. The molecule has 1 aliphatic rings. The summed E-state index contributed by atoms with van der Waals surface area (Å²) in [6.45, 7) is 1.04. The van der Waals surface area contributed by atoms with Gasteiger partial charge in [0.2, 0.25) is 5.91 Å². The molecule has 96 valence electrons. The van der Waals surface area contributed by atoms with E-state index in [1.807, 2.05) is 12.1 Å². The smallest absolute Gasteiger partial charge is 0.328 e. The van der Waals surface area contributed by atoms with E-state index in [2.05, 4.69) is 5.32 Å². The lowest BCUT2D eigenvalue weighted by Crippen LogP contribution is -2.43. The number of carbonyl (C=O) groups is 2. The Kier molecular flexibility index (Phi) is 4.04. The van der Waals surface area contributed by atoms with Gasteiger partial charge >= 0.3 is 6.03 Å². The van der Waals surface area contributed by atoms with Crippen LogP contribution in [0, 0.1) is 0 Å². The first-order valence-electron chi connectivity index (χ1n) is 5.61. The number of urea groups is 1. The maximum Gasteiger partial charge on any atom is 0.328 e. The zero-order valence-electron chi connectivity index (χ0n) is 9.69. The van der Waals surface area contributed by atoms with Crippen molar-refractivity contribution in [2.24, 2.45) is 0 Å². The summed E-state index contributed by atoms with van der Waals surface area (Å²) in [6, 6.07) is 6.76. The molecule has 2 rings (SSSR count). The molecule has 0 radical (unpaired) electrons. The Morgan fingerprint density at radius 2 is 2.17 bits per heavy atom. The number of rotatable bonds is 1. The predicted molar refractivity (Wildman–Crippen MR) is 68.2 cm³/mol. The first kappa shape index (κ1) is 12.7. The minimum absolute atomic E-state index is 0.238. The third kappa shape index (κ3) is 2.73. The second-order valence-corrected chi connectivity index (χ2v) is 4.08. The molecule has 0 spiro atoms. The van der Waals surface area contributed by atoms with Crippen LogP contribution in [0.5, 0.6) is 5.75 Å². The largest absolute Gasteiger partial charge is 0.491 e. The molecule has 0 unspecified atom stereocenters. The number of nitrogens with zero attached hydrogens (tertiary/aromatic N) is 1. The van der Waals surface area contributed by atoms with Crippen LogP contribution in [0.25, 0.3) is 0 Å². The number of nitrogens with one attached hydrogen (secondary N) is 1. The summed E-state index contributed by atoms with van der Waals surface area (Å²) < 4.78 is 5.53. The predicted octanol–water partition coefficient (Wildman–Crippen LogP) is 1.75. The van der Waals surface area contributed by atoms with Crippen molar-refractivity contribution in [1.29, 1.82) is 0 Å². The quantitative estimate of drug-likeness (QED) is 0.790. The fraction of sp³-hybridized carbons (Fsp3) is 0.333. The highest BCUT2D eigenvalue weighted by Crippen LogP contribution is 2.30. The number of carbonyl (C=O) groups excluding carboxylic acids is 2. The maximum absolute atomic E-state index is 12.0. The summed E-state index contributed by atoms with van der Waals surface area (Å²) in [4.78, 5) is 24.6. The summed E-state index contributed by atoms with van der Waals surface area (Å²) in [5.41, 5.74) is 0.662. The highest BCUT2D eigenvalue weighted by Gasteiger charge is 2.22. The minimum atomic E-state index is -0.510. The molecule has 1 aromatic rings. The molecule has 5 nitrogen and oxygen atoms in total. The molecular weight excluding hydrogens is 256 g/mol. The van der Waals surface area contributed by atoms with Crippen molar-refractivity contribution in [3.8, 4) is 5.75 Å². The molecule has 0 saturated heterocycles. The Morgan fingerprint density at radius 3 is 2.94 bits per heavy atom. The molecule has 0 aliphatic carbocycles. The van der Waals surface area contributed by atoms with Gasteiger partial charge in [0.25, 0.3) is 0 Å². The summed E-state index contributed by atoms with van der Waals surface area (Å²) >= 11 is 5.36. The zero-order chi connectivity index (χ0) is 13.0. The van der Waals surface area contributed by atoms with Gasteiger partial charge in [-0.05, 0) is 18.6 Å². The van der Waals surface area contributed by atoms with Gasteiger partial charge in [0, 0.05) is 6.54 Å². The molecule has 0 saturated carbocycles. The number of imide groups is 1. The number of hydrogen-bond donors (Lipinski definition) is 1. The van der Waals surface area contributed by atoms with Crippen LogP contribution < -0.4 is 15.0 Å². The number of alkyl halides is 1. The number of ether oxygens (including phenoxy) is 1. The first-order valence-corrected chi connectivity index (χ1v) is 6.15. The van der Waals surface area contributed by atoms with Crippen LogP contribution in [0.2, 0.25) is 0 Å². The van der Waals surface area contributed by atoms with E-state index in [0.717, 1.165) is 0 Å². The lowest BCUT2D eigenvalue weighted by atomic mass is 10.2. The van der Waals surface area contributed by atoms with Crippen LogP contribution in [-0.4, -0.2) is 31.0 Å². The van der Waals surface area contributed by atoms with Gasteiger partial charge in [-0.2, -0.15) is 0 Å². The Morgan fingerprint density at radius 1 is 1.39 bits per heavy atom. The average molecular weight is 269 g/mol. The van der Waals surface area contributed by atoms with E-state index in [0.29, 0.717) is 31.0 Å². The Hall–Kier alpha value is -1.75. The Labute approximate surface area is 110 Å². The highest BCUT2D eigenvalue weighted by atomic mass is 35.5. The van der Waals surface area contributed by atoms with Gasteiger partial charge in [0.1, 0.15) is 11.6 Å². The van der Waals surface area contributed by atoms with Gasteiger partial charge < -0.3 is 4.74 Å². The number of amides is 3. The van der Waals surface area contributed by atoms with E-state index in [4.69, 9.17) is 16.3 Å². The first-order chi connectivity index (χ1) is 8.72. The second kappa shape index (κ2) is 5.73. The molecule has 3 amide bonds. The van der Waals surface area contributed by atoms with Gasteiger partial charge in [0.15, 0.2) is 0 Å². The van der Waals surface area contributed by atoms with Crippen molar-refractivity contribution < 1.29 is 14.3 Å². The Balaban J connectivity index is 2.22. The van der Waals surface area contributed by atoms with Crippen molar-refractivity contribution in [3.05, 3.63) is 24.3 Å². The summed E-state index contributed by atoms with van der Waals surface area (Å²) in [5.74, 6) is -0.106. The second-order valence-electron chi connectivity index (χ2n) is 3.81. The number of fused-ring (bicyclic) bond motifs is 1. The molecule has 0 atom stereocenters. The molecule has 0 aromatic heterocycles. The van der Waals surface area contributed by atoms with E-state index in [1.54, 1.807) is 12.1 Å². The standard InChI is InChI=1S/C12H13ClN2O3/c13-8-11(16)14-12(17)15-6-3-7-18-10-5-2-1-4-9(10)15/h1-2,4-5H,3,6-8H2,(H,14,16,17). The molecule has 1 heterocycles. The molecule has 0 fully saturated rings. The van der Waals surface area contributed by atoms with Crippen LogP contribution >= 0.6 is 11.6 Å². The normalized spacial score (nSPS) is 14.2. The van der Waals surface area contributed by atoms with E-state index in [9.17, 15) is 9.59 Å². The van der Waals surface area contributed by atoms with Crippen LogP contribution in [0.15, 0.2) is 24.3 Å². The van der Waals surface area contributed by atoms with E-state index < -0.39 is 11.9 Å². The molecule has 6 heteroatoms. The summed E-state index contributed by atoms with van der Waals surface area (Å²) in [7, 11) is 0. The lowest BCUT2D eigenvalue weighted by molar-refractivity contribution is -0.117. The number of anilines is 1. The number of para-hydroxylation sites is 2. The van der Waals surface area contributed by atoms with E-state index in [-0.39, 0.29) is 5.88 Å². The van der Waals surface area contributed by atoms with Crippen molar-refractivity contribution in [3.63, 3.8) is 0 Å². The monoisotopic (exact) mass is 268 g/mol. The Bertz CT molecular complexity index is 464. The van der Waals surface area contributed by atoms with Crippen molar-refractivity contribution in [2.45, 2.75) is 6.42 Å². The fourth-order valence-electron chi connectivity index (χ4n) is 1.76. The lowest BCUT2D eigenvalue weighted by Gasteiger charge is -2.21. The average Bonchev–Trinajstić information content (AvgIpc) is 2.60. The molecule has 0 bridgehead atoms. The third-order valence-corrected chi connectivity index (χ3v) is 2.80. The molecule has 1 aliphatic heterocycles. The molecular formula is C12H13ClN2O3. The van der Waals surface area contributed by atoms with Crippen LogP contribution in [-0.2, 0) is 4.79 Å². The molecule has 1 N–H and O–H groups in total. The van der Waals surface area contributed by atoms with Crippen LogP contribution in [0.4, 0.5) is 10.5 Å². The fourth-order valence-corrected chi connectivity index (χ4v) is 1.83. The summed E-state index contributed by atoms with van der Waals surface area (Å²) in [6.07, 6.45) is 0.706. The third-order valence-electron chi connectivity index (χ3n) is 2.55. The highest BCUT2D eigenvalue weighted by molar-refractivity contribution is 6.28. The molecule has 1 aromatic carbocycles. The van der Waals surface area contributed by atoms with Gasteiger partial charge in [-0.1, -0.05) is 12.1 Å². The number of benzene rings is 1. The SMILES string of the molecule is O=C(CCl)NC(=O)N1CCCOc2ccccc21. The van der Waals surface area contributed by atoms with Gasteiger partial charge in [-0.25, -0.2) is 4.79 Å². The number of halogens is 1. The maximum atomic E-state index is 12.0. The minimum Gasteiger partial charge on any atom is -0.491 e. The van der Waals surface area contributed by atoms with E-state index in [1.165, 1.54) is 4.90 Å². The van der Waals surface area contributed by atoms with Crippen LogP contribution in [0.1, 0.15) is 6.42 Å². The summed E-state index contributed by atoms with van der Waals surface area (Å²) in [5, 5.41) is 2.23. The van der Waals surface area contributed by atoms with Gasteiger partial charge in [-0.15, -0.1) is 11.6 Å². The number of hydrogen-bond acceptors (Lipinski definition) is 3. The molecule has 18 heavy (non-hydrogen) atoms. The van der Waals surface area contributed by atoms with Gasteiger partial charge in [0.05, 0.1) is 12.3 Å². The van der Waals surface area contributed by atoms with Crippen molar-refractivity contribution >= 4 is 29.2 Å². The van der Waals surface area contributed by atoms with Crippen molar-refractivity contribution in [2.75, 3.05) is 23.9 Å².